The molecule has 2 atom stereocenters. The second-order valence-electron chi connectivity index (χ2n) is 10.5. The van der Waals surface area contributed by atoms with E-state index in [4.69, 9.17) is 14.2 Å². The molecule has 2 heterocycles. The molecule has 244 valence electrons. The van der Waals surface area contributed by atoms with Crippen molar-refractivity contribution in [3.63, 3.8) is 0 Å². The zero-order chi connectivity index (χ0) is 33.4. The highest BCUT2D eigenvalue weighted by Crippen LogP contribution is 2.32. The maximum atomic E-state index is 14.0. The van der Waals surface area contributed by atoms with Crippen molar-refractivity contribution < 1.29 is 31.9 Å². The molecular weight excluding hydrogens is 631 g/mol. The highest BCUT2D eigenvalue weighted by Gasteiger charge is 2.35. The van der Waals surface area contributed by atoms with E-state index in [1.807, 2.05) is 60.7 Å². The quantitative estimate of drug-likeness (QED) is 0.100. The van der Waals surface area contributed by atoms with E-state index in [9.17, 15) is 22.5 Å². The van der Waals surface area contributed by atoms with Crippen LogP contribution >= 0.6 is 0 Å². The Hall–Kier alpha value is -4.65. The number of hydrogen-bond donors (Lipinski definition) is 0. The third-order valence-corrected chi connectivity index (χ3v) is 8.51. The normalized spacial score (nSPS) is 12.8. The fourth-order valence-corrected chi connectivity index (χ4v) is 5.90. The smallest absolute Gasteiger partial charge is 0.433 e. The molecule has 5 rings (SSSR count). The van der Waals surface area contributed by atoms with Crippen molar-refractivity contribution in [1.29, 1.82) is 0 Å². The first-order chi connectivity index (χ1) is 22.6. The lowest BCUT2D eigenvalue weighted by molar-refractivity contribution is -0.141. The van der Waals surface area contributed by atoms with Crippen molar-refractivity contribution >= 4 is 11.2 Å². The molecule has 0 saturated heterocycles. The minimum Gasteiger partial charge on any atom is -0.609 e. The van der Waals surface area contributed by atoms with Gasteiger partial charge in [0, 0.05) is 35.4 Å². The summed E-state index contributed by atoms with van der Waals surface area (Å²) in [5.74, 6) is 0.928. The summed E-state index contributed by atoms with van der Waals surface area (Å²) in [6, 6.07) is 27.5. The van der Waals surface area contributed by atoms with Gasteiger partial charge in [-0.05, 0) is 41.0 Å². The number of halogens is 3. The van der Waals surface area contributed by atoms with Crippen LogP contribution in [0.25, 0.3) is 11.3 Å². The molecule has 8 nitrogen and oxygen atoms in total. The first kappa shape index (κ1) is 33.7. The first-order valence-electron chi connectivity index (χ1n) is 14.6. The van der Waals surface area contributed by atoms with Gasteiger partial charge in [-0.25, -0.2) is 0 Å². The summed E-state index contributed by atoms with van der Waals surface area (Å²) < 4.78 is 73.6. The molecule has 0 radical (unpaired) electrons. The number of hydrogen-bond acceptors (Lipinski definition) is 7. The summed E-state index contributed by atoms with van der Waals surface area (Å²) in [6.45, 7) is 0.406. The van der Waals surface area contributed by atoms with Gasteiger partial charge in [0.2, 0.25) is 0 Å². The van der Waals surface area contributed by atoms with Crippen LogP contribution in [0.2, 0.25) is 0 Å². The predicted molar refractivity (Wildman–Crippen MR) is 172 cm³/mol. The van der Waals surface area contributed by atoms with Gasteiger partial charge >= 0.3 is 11.3 Å². The molecule has 0 saturated carbocycles. The van der Waals surface area contributed by atoms with Crippen molar-refractivity contribution in [3.05, 3.63) is 136 Å². The minimum absolute atomic E-state index is 0.0477. The van der Waals surface area contributed by atoms with Gasteiger partial charge in [0.05, 0.1) is 39.2 Å². The molecule has 0 fully saturated rings. The van der Waals surface area contributed by atoms with E-state index in [1.54, 1.807) is 18.2 Å². The summed E-state index contributed by atoms with van der Waals surface area (Å²) >= 11 is -2.00. The Kier molecular flexibility index (Phi) is 11.0. The molecule has 2 aromatic heterocycles. The van der Waals surface area contributed by atoms with Gasteiger partial charge in [-0.1, -0.05) is 66.7 Å². The van der Waals surface area contributed by atoms with E-state index in [0.29, 0.717) is 23.7 Å². The maximum absolute atomic E-state index is 14.0. The second-order valence-corrected chi connectivity index (χ2v) is 12.0. The molecule has 3 aromatic carbocycles. The van der Waals surface area contributed by atoms with Gasteiger partial charge in [0.15, 0.2) is 17.2 Å². The molecule has 0 aliphatic carbocycles. The van der Waals surface area contributed by atoms with Gasteiger partial charge in [-0.3, -0.25) is 4.79 Å². The molecule has 0 spiro atoms. The molecule has 0 bridgehead atoms. The maximum Gasteiger partial charge on any atom is 0.433 e. The van der Waals surface area contributed by atoms with Crippen LogP contribution in [0.4, 0.5) is 13.2 Å². The zero-order valence-electron chi connectivity index (χ0n) is 25.6. The van der Waals surface area contributed by atoms with Crippen LogP contribution in [0, 0.1) is 0 Å². The van der Waals surface area contributed by atoms with Crippen LogP contribution in [-0.2, 0) is 35.2 Å². The molecule has 0 amide bonds. The van der Waals surface area contributed by atoms with Crippen molar-refractivity contribution in [3.8, 4) is 22.8 Å². The van der Waals surface area contributed by atoms with Crippen molar-refractivity contribution in [2.75, 3.05) is 20.0 Å². The lowest BCUT2D eigenvalue weighted by Crippen LogP contribution is -2.20. The fourth-order valence-electron chi connectivity index (χ4n) is 4.89. The number of nitrogens with zero attached hydrogens (tertiary/aromatic N) is 3. The highest BCUT2D eigenvalue weighted by molar-refractivity contribution is 7.91. The Labute approximate surface area is 273 Å². The number of rotatable bonds is 13. The van der Waals surface area contributed by atoms with E-state index in [1.165, 1.54) is 37.1 Å². The van der Waals surface area contributed by atoms with E-state index < -0.39 is 34.3 Å². The Morgan fingerprint density at radius 1 is 0.851 bits per heavy atom. The SMILES string of the molecule is COc1ccc(Cn2cc(-c3cc(C(F)(F)F)nc([S+]([O-])CCC(OCc4ccccc4)c4ccccc4)n3)ccc2=O)cc1OC. The topological polar surface area (TPSA) is 98.5 Å². The minimum atomic E-state index is -4.82. The number of benzene rings is 3. The van der Waals surface area contributed by atoms with E-state index in [-0.39, 0.29) is 35.5 Å². The van der Waals surface area contributed by atoms with E-state index in [2.05, 4.69) is 9.97 Å². The molecule has 0 aliphatic rings. The number of pyridine rings is 1. The van der Waals surface area contributed by atoms with Crippen LogP contribution in [0.15, 0.2) is 113 Å². The second kappa shape index (κ2) is 15.3. The summed E-state index contributed by atoms with van der Waals surface area (Å²) in [5, 5.41) is -0.456. The largest absolute Gasteiger partial charge is 0.609 e. The number of methoxy groups -OCH3 is 2. The number of ether oxygens (including phenoxy) is 3. The van der Waals surface area contributed by atoms with Crippen LogP contribution < -0.4 is 15.0 Å². The Morgan fingerprint density at radius 2 is 1.55 bits per heavy atom. The monoisotopic (exact) mass is 663 g/mol. The third kappa shape index (κ3) is 8.79. The van der Waals surface area contributed by atoms with Crippen molar-refractivity contribution in [1.82, 2.24) is 14.5 Å². The summed E-state index contributed by atoms with van der Waals surface area (Å²) in [6.07, 6.45) is -3.63. The Bertz CT molecular complexity index is 1840. The van der Waals surface area contributed by atoms with Gasteiger partial charge < -0.3 is 23.3 Å². The highest BCUT2D eigenvalue weighted by atomic mass is 32.2. The van der Waals surface area contributed by atoms with Gasteiger partial charge in [0.1, 0.15) is 5.75 Å². The standard InChI is InChI=1S/C35H32F3N3O5S/c1-44-30-15-13-25(19-31(30)45-2)21-41-22-27(14-16-33(41)42)28-20-32(35(36,37)38)40-34(39-28)47(43)18-17-29(26-11-7-4-8-12-26)46-23-24-9-5-3-6-10-24/h3-16,19-20,22,29H,17-18,21,23H2,1-2H3. The van der Waals surface area contributed by atoms with Gasteiger partial charge in [0.25, 0.3) is 5.56 Å². The van der Waals surface area contributed by atoms with Crippen LogP contribution in [0.3, 0.4) is 0 Å². The van der Waals surface area contributed by atoms with Crippen LogP contribution in [-0.4, -0.2) is 39.1 Å². The molecule has 5 aromatic rings. The number of aromatic nitrogens is 3. The molecule has 0 N–H and O–H groups in total. The summed E-state index contributed by atoms with van der Waals surface area (Å²) in [7, 11) is 2.99. The van der Waals surface area contributed by atoms with Crippen molar-refractivity contribution in [2.24, 2.45) is 0 Å². The van der Waals surface area contributed by atoms with Crippen molar-refractivity contribution in [2.45, 2.75) is 37.0 Å². The Morgan fingerprint density at radius 3 is 2.23 bits per heavy atom. The average molecular weight is 664 g/mol. The Balaban J connectivity index is 1.40. The lowest BCUT2D eigenvalue weighted by atomic mass is 10.1. The fraction of sp³-hybridized carbons (Fsp3) is 0.229. The third-order valence-electron chi connectivity index (χ3n) is 7.31. The predicted octanol–water partition coefficient (Wildman–Crippen LogP) is 6.85. The molecule has 47 heavy (non-hydrogen) atoms. The van der Waals surface area contributed by atoms with Gasteiger partial charge in [-0.2, -0.15) is 23.1 Å². The zero-order valence-corrected chi connectivity index (χ0v) is 26.5. The molecule has 12 heteroatoms. The lowest BCUT2D eigenvalue weighted by Gasteiger charge is -2.19. The first-order valence-corrected chi connectivity index (χ1v) is 15.9. The molecule has 2 unspecified atom stereocenters. The van der Waals surface area contributed by atoms with E-state index >= 15 is 0 Å². The summed E-state index contributed by atoms with van der Waals surface area (Å²) in [5.41, 5.74) is 1.00. The van der Waals surface area contributed by atoms with E-state index in [0.717, 1.165) is 17.2 Å². The van der Waals surface area contributed by atoms with Gasteiger partial charge in [-0.15, -0.1) is 0 Å². The van der Waals surface area contributed by atoms with Crippen LogP contribution in [0.1, 0.15) is 34.9 Å². The summed E-state index contributed by atoms with van der Waals surface area (Å²) in [4.78, 5) is 20.7. The molecule has 0 aliphatic heterocycles. The van der Waals surface area contributed by atoms with Crippen LogP contribution in [0.5, 0.6) is 11.5 Å². The average Bonchev–Trinajstić information content (AvgIpc) is 3.09. The number of alkyl halides is 3. The molecular formula is C35H32F3N3O5S.